The van der Waals surface area contributed by atoms with Crippen molar-refractivity contribution in [1.82, 2.24) is 5.32 Å². The number of aliphatic hydroxyl groups excluding tert-OH is 1. The zero-order valence-corrected chi connectivity index (χ0v) is 13.1. The lowest BCUT2D eigenvalue weighted by molar-refractivity contribution is -0.127. The number of carbonyl (C=O) groups excluding carboxylic acids is 1. The molecule has 1 fully saturated rings. The number of rotatable bonds is 4. The molecule has 1 amide bonds. The molecule has 0 saturated heterocycles. The Balaban J connectivity index is 2.02. The largest absolute Gasteiger partial charge is 0.392 e. The standard InChI is InChI=1S/C16H21ClFNO2/c1-16(2,12-7-6-10(18)8-13(12)17)9-19-15(21)11-4-3-5-14(11)20/h6-8,11,14,20H,3-5,9H2,1-2H3,(H,19,21). The highest BCUT2D eigenvalue weighted by molar-refractivity contribution is 6.31. The molecule has 0 aromatic heterocycles. The Hall–Kier alpha value is -1.13. The van der Waals surface area contributed by atoms with Gasteiger partial charge in [-0.3, -0.25) is 4.79 Å². The SMILES string of the molecule is CC(C)(CNC(=O)C1CCCC1O)c1ccc(F)cc1Cl. The van der Waals surface area contributed by atoms with Gasteiger partial charge in [0.05, 0.1) is 12.0 Å². The van der Waals surface area contributed by atoms with Gasteiger partial charge in [-0.1, -0.05) is 31.5 Å². The lowest BCUT2D eigenvalue weighted by Crippen LogP contribution is -2.41. The lowest BCUT2D eigenvalue weighted by Gasteiger charge is -2.27. The number of amides is 1. The minimum atomic E-state index is -0.539. The van der Waals surface area contributed by atoms with Crippen LogP contribution in [0.15, 0.2) is 18.2 Å². The molecule has 0 heterocycles. The molecule has 1 saturated carbocycles. The molecular formula is C16H21ClFNO2. The van der Waals surface area contributed by atoms with Gasteiger partial charge in [0.2, 0.25) is 5.91 Å². The van der Waals surface area contributed by atoms with Gasteiger partial charge >= 0.3 is 0 Å². The van der Waals surface area contributed by atoms with E-state index in [0.29, 0.717) is 18.0 Å². The van der Waals surface area contributed by atoms with E-state index >= 15 is 0 Å². The van der Waals surface area contributed by atoms with Gasteiger partial charge in [-0.25, -0.2) is 4.39 Å². The fraction of sp³-hybridized carbons (Fsp3) is 0.562. The summed E-state index contributed by atoms with van der Waals surface area (Å²) in [4.78, 5) is 12.1. The molecule has 2 rings (SSSR count). The third kappa shape index (κ3) is 3.74. The summed E-state index contributed by atoms with van der Waals surface area (Å²) in [7, 11) is 0. The van der Waals surface area contributed by atoms with Crippen LogP contribution in [-0.2, 0) is 10.2 Å². The zero-order valence-electron chi connectivity index (χ0n) is 12.3. The van der Waals surface area contributed by atoms with Crippen molar-refractivity contribution in [2.45, 2.75) is 44.6 Å². The highest BCUT2D eigenvalue weighted by Crippen LogP contribution is 2.30. The molecule has 2 atom stereocenters. The molecule has 0 bridgehead atoms. The Morgan fingerprint density at radius 2 is 2.19 bits per heavy atom. The zero-order chi connectivity index (χ0) is 15.6. The average molecular weight is 314 g/mol. The van der Waals surface area contributed by atoms with Gasteiger partial charge in [0.1, 0.15) is 5.82 Å². The number of nitrogens with one attached hydrogen (secondary N) is 1. The number of benzene rings is 1. The minimum absolute atomic E-state index is 0.119. The third-order valence-corrected chi connectivity index (χ3v) is 4.49. The van der Waals surface area contributed by atoms with Crippen LogP contribution < -0.4 is 5.32 Å². The molecule has 1 aliphatic carbocycles. The lowest BCUT2D eigenvalue weighted by atomic mass is 9.84. The molecule has 3 nitrogen and oxygen atoms in total. The van der Waals surface area contributed by atoms with Crippen LogP contribution in [-0.4, -0.2) is 23.7 Å². The summed E-state index contributed by atoms with van der Waals surface area (Å²) in [6, 6.07) is 4.29. The second-order valence-electron chi connectivity index (χ2n) is 6.33. The maximum absolute atomic E-state index is 13.1. The molecule has 2 unspecified atom stereocenters. The number of halogens is 2. The number of carbonyl (C=O) groups is 1. The molecular weight excluding hydrogens is 293 g/mol. The van der Waals surface area contributed by atoms with Crippen molar-refractivity contribution in [3.63, 3.8) is 0 Å². The Morgan fingerprint density at radius 1 is 1.48 bits per heavy atom. The van der Waals surface area contributed by atoms with Crippen molar-refractivity contribution < 1.29 is 14.3 Å². The van der Waals surface area contributed by atoms with Crippen molar-refractivity contribution >= 4 is 17.5 Å². The Labute approximate surface area is 129 Å². The van der Waals surface area contributed by atoms with E-state index in [2.05, 4.69) is 5.32 Å². The minimum Gasteiger partial charge on any atom is -0.392 e. The van der Waals surface area contributed by atoms with Crippen LogP contribution in [0.2, 0.25) is 5.02 Å². The fourth-order valence-corrected chi connectivity index (χ4v) is 3.24. The summed E-state index contributed by atoms with van der Waals surface area (Å²) < 4.78 is 13.1. The molecule has 1 aliphatic rings. The van der Waals surface area contributed by atoms with Crippen LogP contribution >= 0.6 is 11.6 Å². The van der Waals surface area contributed by atoms with E-state index in [1.54, 1.807) is 6.07 Å². The van der Waals surface area contributed by atoms with Gasteiger partial charge in [0, 0.05) is 17.0 Å². The van der Waals surface area contributed by atoms with Crippen LogP contribution in [0, 0.1) is 11.7 Å². The predicted molar refractivity (Wildman–Crippen MR) is 80.8 cm³/mol. The van der Waals surface area contributed by atoms with E-state index in [-0.39, 0.29) is 17.6 Å². The van der Waals surface area contributed by atoms with Crippen molar-refractivity contribution in [2.24, 2.45) is 5.92 Å². The van der Waals surface area contributed by atoms with E-state index in [4.69, 9.17) is 11.6 Å². The van der Waals surface area contributed by atoms with Crippen molar-refractivity contribution in [3.8, 4) is 0 Å². The van der Waals surface area contributed by atoms with E-state index < -0.39 is 11.5 Å². The quantitative estimate of drug-likeness (QED) is 0.897. The maximum Gasteiger partial charge on any atom is 0.225 e. The van der Waals surface area contributed by atoms with Crippen molar-refractivity contribution in [1.29, 1.82) is 0 Å². The van der Waals surface area contributed by atoms with Crippen LogP contribution in [0.1, 0.15) is 38.7 Å². The van der Waals surface area contributed by atoms with Crippen LogP contribution in [0.3, 0.4) is 0 Å². The highest BCUT2D eigenvalue weighted by Gasteiger charge is 2.32. The summed E-state index contributed by atoms with van der Waals surface area (Å²) >= 11 is 6.09. The molecule has 0 aliphatic heterocycles. The first-order valence-corrected chi connectivity index (χ1v) is 7.60. The highest BCUT2D eigenvalue weighted by atomic mass is 35.5. The van der Waals surface area contributed by atoms with E-state index in [9.17, 15) is 14.3 Å². The molecule has 2 N–H and O–H groups in total. The third-order valence-electron chi connectivity index (χ3n) is 4.18. The average Bonchev–Trinajstić information content (AvgIpc) is 2.82. The van der Waals surface area contributed by atoms with Gasteiger partial charge in [-0.15, -0.1) is 0 Å². The van der Waals surface area contributed by atoms with Gasteiger partial charge in [0.15, 0.2) is 0 Å². The monoisotopic (exact) mass is 313 g/mol. The summed E-state index contributed by atoms with van der Waals surface area (Å²) in [5.74, 6) is -0.812. The molecule has 5 heteroatoms. The van der Waals surface area contributed by atoms with Crippen molar-refractivity contribution in [2.75, 3.05) is 6.54 Å². The first-order valence-electron chi connectivity index (χ1n) is 7.22. The summed E-state index contributed by atoms with van der Waals surface area (Å²) in [6.07, 6.45) is 1.75. The molecule has 1 aromatic carbocycles. The van der Waals surface area contributed by atoms with Crippen LogP contribution in [0.5, 0.6) is 0 Å². The fourth-order valence-electron chi connectivity index (χ4n) is 2.82. The Bertz CT molecular complexity index is 533. The number of hydrogen-bond acceptors (Lipinski definition) is 2. The molecule has 21 heavy (non-hydrogen) atoms. The smallest absolute Gasteiger partial charge is 0.225 e. The van der Waals surface area contributed by atoms with E-state index in [0.717, 1.165) is 18.4 Å². The maximum atomic E-state index is 13.1. The van der Waals surface area contributed by atoms with Gasteiger partial charge in [-0.05, 0) is 37.0 Å². The van der Waals surface area contributed by atoms with E-state index in [1.165, 1.54) is 12.1 Å². The van der Waals surface area contributed by atoms with Gasteiger partial charge in [0.25, 0.3) is 0 Å². The molecule has 1 aromatic rings. The van der Waals surface area contributed by atoms with Crippen LogP contribution in [0.25, 0.3) is 0 Å². The molecule has 0 spiro atoms. The second-order valence-corrected chi connectivity index (χ2v) is 6.74. The normalized spacial score (nSPS) is 22.3. The summed E-state index contributed by atoms with van der Waals surface area (Å²) in [5, 5.41) is 13.0. The van der Waals surface area contributed by atoms with E-state index in [1.807, 2.05) is 13.8 Å². The van der Waals surface area contributed by atoms with Crippen LogP contribution in [0.4, 0.5) is 4.39 Å². The molecule has 0 radical (unpaired) electrons. The topological polar surface area (TPSA) is 49.3 Å². The Kier molecular flexibility index (Phi) is 4.89. The first kappa shape index (κ1) is 16.2. The summed E-state index contributed by atoms with van der Waals surface area (Å²) in [5.41, 5.74) is 0.377. The first-order chi connectivity index (χ1) is 9.81. The second kappa shape index (κ2) is 6.32. The Morgan fingerprint density at radius 3 is 2.76 bits per heavy atom. The number of hydrogen-bond donors (Lipinski definition) is 2. The van der Waals surface area contributed by atoms with Gasteiger partial charge < -0.3 is 10.4 Å². The number of aliphatic hydroxyl groups is 1. The summed E-state index contributed by atoms with van der Waals surface area (Å²) in [6.45, 7) is 4.27. The van der Waals surface area contributed by atoms with Crippen molar-refractivity contribution in [3.05, 3.63) is 34.6 Å². The predicted octanol–water partition coefficient (Wildman–Crippen LogP) is 3.03. The molecule has 116 valence electrons. The van der Waals surface area contributed by atoms with Gasteiger partial charge in [-0.2, -0.15) is 0 Å².